The molecular weight excluding hydrogens is 498 g/mol. The highest BCUT2D eigenvalue weighted by Gasteiger charge is 2.17. The molecule has 208 valence electrons. The van der Waals surface area contributed by atoms with Crippen molar-refractivity contribution >= 4 is 40.4 Å². The zero-order chi connectivity index (χ0) is 28.1. The molecule has 1 aromatic heterocycles. The Bertz CT molecular complexity index is 1150. The van der Waals surface area contributed by atoms with Crippen molar-refractivity contribution in [1.82, 2.24) is 10.3 Å². The van der Waals surface area contributed by atoms with Gasteiger partial charge in [-0.05, 0) is 69.0 Å². The molecule has 1 amide bonds. The maximum Gasteiger partial charge on any atom is 0.342 e. The number of thioether (sulfide) groups is 1. The molecule has 0 saturated heterocycles. The number of para-hydroxylation sites is 2. The Kier molecular flexibility index (Phi) is 13.4. The maximum atomic E-state index is 12.7. The minimum absolute atomic E-state index is 0.0677. The maximum absolute atomic E-state index is 12.7. The Morgan fingerprint density at radius 2 is 1.61 bits per heavy atom. The number of hydrogen-bond donors (Lipinski definition) is 2. The van der Waals surface area contributed by atoms with Crippen LogP contribution in [0.15, 0.2) is 46.0 Å². The highest BCUT2D eigenvalue weighted by atomic mass is 32.2. The smallest absolute Gasteiger partial charge is 0.342 e. The average molecular weight is 542 g/mol. The lowest BCUT2D eigenvalue weighted by molar-refractivity contribution is -0.116. The number of nitrogens with one attached hydrogen (secondary N) is 2. The van der Waals surface area contributed by atoms with E-state index >= 15 is 0 Å². The number of carbonyl (C=O) groups excluding carboxylic acids is 2. The molecule has 3 aromatic rings. The van der Waals surface area contributed by atoms with E-state index < -0.39 is 5.97 Å². The van der Waals surface area contributed by atoms with Gasteiger partial charge in [0, 0.05) is 17.9 Å². The standard InChI is InChI=1S/C28H36N2O4S.C2H7N/c1-6-33-27(32)22-14-11-15-23-26(22)34-28(29-23)35-17-9-7-8-16-24(31)30-25-20(18(2)3)12-10-13-21(25)19(4)5;1-3-2/h10-15,18-19H,6-9,16-17H2,1-5H3,(H,30,31);3H,1-2H3. The van der Waals surface area contributed by atoms with Crippen LogP contribution < -0.4 is 10.6 Å². The summed E-state index contributed by atoms with van der Waals surface area (Å²) in [4.78, 5) is 29.3. The summed E-state index contributed by atoms with van der Waals surface area (Å²) in [6, 6.07) is 11.6. The van der Waals surface area contributed by atoms with Gasteiger partial charge in [-0.1, -0.05) is 70.1 Å². The molecule has 2 N–H and O–H groups in total. The zero-order valence-electron chi connectivity index (χ0n) is 23.8. The van der Waals surface area contributed by atoms with E-state index in [0.717, 1.165) is 30.7 Å². The van der Waals surface area contributed by atoms with Crippen molar-refractivity contribution in [2.75, 3.05) is 31.8 Å². The number of fused-ring (bicyclic) bond motifs is 1. The molecule has 0 radical (unpaired) electrons. The topological polar surface area (TPSA) is 93.5 Å². The van der Waals surface area contributed by atoms with Gasteiger partial charge in [0.15, 0.2) is 5.58 Å². The summed E-state index contributed by atoms with van der Waals surface area (Å²) in [6.07, 6.45) is 3.22. The van der Waals surface area contributed by atoms with Crippen LogP contribution in [-0.4, -0.2) is 43.3 Å². The Balaban J connectivity index is 0.00000161. The highest BCUT2D eigenvalue weighted by Crippen LogP contribution is 2.32. The fourth-order valence-corrected chi connectivity index (χ4v) is 4.81. The highest BCUT2D eigenvalue weighted by molar-refractivity contribution is 7.99. The van der Waals surface area contributed by atoms with E-state index in [1.54, 1.807) is 19.1 Å². The predicted molar refractivity (Wildman–Crippen MR) is 157 cm³/mol. The molecular formula is C30H43N3O4S. The largest absolute Gasteiger partial charge is 0.462 e. The number of benzene rings is 2. The van der Waals surface area contributed by atoms with E-state index in [2.05, 4.69) is 61.5 Å². The van der Waals surface area contributed by atoms with Crippen molar-refractivity contribution in [3.63, 3.8) is 0 Å². The first-order valence-corrected chi connectivity index (χ1v) is 14.4. The molecule has 0 aliphatic heterocycles. The summed E-state index contributed by atoms with van der Waals surface area (Å²) in [5.41, 5.74) is 4.87. The normalized spacial score (nSPS) is 11.0. The van der Waals surface area contributed by atoms with Crippen LogP contribution in [-0.2, 0) is 9.53 Å². The average Bonchev–Trinajstić information content (AvgIpc) is 3.29. The van der Waals surface area contributed by atoms with E-state index in [1.807, 2.05) is 20.2 Å². The Morgan fingerprint density at radius 3 is 2.21 bits per heavy atom. The Labute approximate surface area is 231 Å². The van der Waals surface area contributed by atoms with Gasteiger partial charge >= 0.3 is 5.97 Å². The van der Waals surface area contributed by atoms with E-state index in [-0.39, 0.29) is 5.91 Å². The van der Waals surface area contributed by atoms with Gasteiger partial charge in [-0.2, -0.15) is 0 Å². The molecule has 38 heavy (non-hydrogen) atoms. The molecule has 0 spiro atoms. The minimum atomic E-state index is -0.402. The van der Waals surface area contributed by atoms with Crippen LogP contribution in [0, 0.1) is 0 Å². The second-order valence-corrected chi connectivity index (χ2v) is 10.7. The van der Waals surface area contributed by atoms with E-state index in [1.165, 1.54) is 22.9 Å². The quantitative estimate of drug-likeness (QED) is 0.140. The number of amides is 1. The third-order valence-electron chi connectivity index (χ3n) is 5.80. The van der Waals surface area contributed by atoms with Crippen LogP contribution in [0.2, 0.25) is 0 Å². The summed E-state index contributed by atoms with van der Waals surface area (Å²) < 4.78 is 10.9. The molecule has 2 aromatic carbocycles. The molecule has 0 aliphatic carbocycles. The molecule has 1 heterocycles. The van der Waals surface area contributed by atoms with Crippen LogP contribution in [0.3, 0.4) is 0 Å². The molecule has 3 rings (SSSR count). The summed E-state index contributed by atoms with van der Waals surface area (Å²) in [5.74, 6) is 1.19. The SMILES string of the molecule is CCOC(=O)c1cccc2nc(SCCCCCC(=O)Nc3c(C(C)C)cccc3C(C)C)oc12.CNC. The van der Waals surface area contributed by atoms with Crippen molar-refractivity contribution in [2.45, 2.75) is 77.4 Å². The fourth-order valence-electron chi connectivity index (χ4n) is 3.98. The number of esters is 1. The number of nitrogens with zero attached hydrogens (tertiary/aromatic N) is 1. The number of anilines is 1. The van der Waals surface area contributed by atoms with Gasteiger partial charge in [0.05, 0.1) is 6.61 Å². The first-order chi connectivity index (χ1) is 18.2. The number of unbranched alkanes of at least 4 members (excludes halogenated alkanes) is 2. The molecule has 8 heteroatoms. The van der Waals surface area contributed by atoms with Crippen LogP contribution in [0.25, 0.3) is 11.1 Å². The lowest BCUT2D eigenvalue weighted by Gasteiger charge is -2.20. The Hall–Kier alpha value is -2.84. The number of rotatable bonds is 12. The molecule has 0 atom stereocenters. The summed E-state index contributed by atoms with van der Waals surface area (Å²) in [7, 11) is 3.75. The van der Waals surface area contributed by atoms with Crippen molar-refractivity contribution in [2.24, 2.45) is 0 Å². The van der Waals surface area contributed by atoms with Crippen LogP contribution >= 0.6 is 11.8 Å². The van der Waals surface area contributed by atoms with Gasteiger partial charge < -0.3 is 19.8 Å². The lowest BCUT2D eigenvalue weighted by atomic mass is 9.92. The van der Waals surface area contributed by atoms with E-state index in [4.69, 9.17) is 9.15 Å². The third-order valence-corrected chi connectivity index (χ3v) is 6.72. The molecule has 0 fully saturated rings. The van der Waals surface area contributed by atoms with Gasteiger partial charge in [0.25, 0.3) is 5.22 Å². The monoisotopic (exact) mass is 541 g/mol. The summed E-state index contributed by atoms with van der Waals surface area (Å²) >= 11 is 1.52. The molecule has 0 saturated carbocycles. The van der Waals surface area contributed by atoms with Crippen molar-refractivity contribution in [1.29, 1.82) is 0 Å². The van der Waals surface area contributed by atoms with Gasteiger partial charge in [-0.15, -0.1) is 0 Å². The van der Waals surface area contributed by atoms with Crippen LogP contribution in [0.1, 0.15) is 93.6 Å². The number of ether oxygens (including phenoxy) is 1. The zero-order valence-corrected chi connectivity index (χ0v) is 24.7. The molecule has 0 bridgehead atoms. The number of hydrogen-bond acceptors (Lipinski definition) is 7. The lowest BCUT2D eigenvalue weighted by Crippen LogP contribution is -2.15. The van der Waals surface area contributed by atoms with Crippen molar-refractivity contribution in [3.05, 3.63) is 53.1 Å². The first kappa shape index (κ1) is 31.4. The van der Waals surface area contributed by atoms with Gasteiger partial charge in [0.1, 0.15) is 11.1 Å². The first-order valence-electron chi connectivity index (χ1n) is 13.4. The minimum Gasteiger partial charge on any atom is -0.462 e. The predicted octanol–water partition coefficient (Wildman–Crippen LogP) is 7.38. The number of carbonyl (C=O) groups is 2. The Morgan fingerprint density at radius 1 is 0.974 bits per heavy atom. The summed E-state index contributed by atoms with van der Waals surface area (Å²) in [6.45, 7) is 10.7. The second kappa shape index (κ2) is 16.2. The number of aromatic nitrogens is 1. The van der Waals surface area contributed by atoms with Gasteiger partial charge in [-0.3, -0.25) is 4.79 Å². The van der Waals surface area contributed by atoms with Gasteiger partial charge in [0.2, 0.25) is 5.91 Å². The van der Waals surface area contributed by atoms with Crippen molar-refractivity contribution < 1.29 is 18.7 Å². The second-order valence-electron chi connectivity index (χ2n) is 9.68. The number of oxazole rings is 1. The molecule has 7 nitrogen and oxygen atoms in total. The third kappa shape index (κ3) is 9.17. The molecule has 0 unspecified atom stereocenters. The van der Waals surface area contributed by atoms with E-state index in [0.29, 0.717) is 46.7 Å². The summed E-state index contributed by atoms with van der Waals surface area (Å²) in [5, 5.41) is 6.48. The van der Waals surface area contributed by atoms with Crippen LogP contribution in [0.4, 0.5) is 5.69 Å². The van der Waals surface area contributed by atoms with Crippen LogP contribution in [0.5, 0.6) is 0 Å². The van der Waals surface area contributed by atoms with Crippen molar-refractivity contribution in [3.8, 4) is 0 Å². The molecule has 0 aliphatic rings. The van der Waals surface area contributed by atoms with Gasteiger partial charge in [-0.25, -0.2) is 9.78 Å². The fraction of sp³-hybridized carbons (Fsp3) is 0.500. The van der Waals surface area contributed by atoms with E-state index in [9.17, 15) is 9.59 Å².